The third kappa shape index (κ3) is 4.14. The number of nitrogens with one attached hydrogen (secondary N) is 1. The van der Waals surface area contributed by atoms with Crippen molar-refractivity contribution in [3.63, 3.8) is 0 Å². The van der Waals surface area contributed by atoms with Gasteiger partial charge in [0.1, 0.15) is 0 Å². The molecule has 2 aromatic rings. The van der Waals surface area contributed by atoms with Crippen LogP contribution in [0.25, 0.3) is 11.3 Å². The number of hydrogen-bond donors (Lipinski definition) is 1. The topological polar surface area (TPSA) is 69.3 Å². The first kappa shape index (κ1) is 17.4. The predicted octanol–water partition coefficient (Wildman–Crippen LogP) is 1.99. The number of nitrogens with zero attached hydrogens (tertiary/aromatic N) is 3. The van der Waals surface area contributed by atoms with Gasteiger partial charge >= 0.3 is 0 Å². The highest BCUT2D eigenvalue weighted by Crippen LogP contribution is 2.19. The molecule has 1 atom stereocenters. The summed E-state index contributed by atoms with van der Waals surface area (Å²) in [6, 6.07) is 7.71. The van der Waals surface area contributed by atoms with E-state index < -0.39 is 0 Å². The number of likely N-dealkylation sites (N-methyl/N-ethyl adjacent to an activating group) is 2. The summed E-state index contributed by atoms with van der Waals surface area (Å²) in [5.41, 5.74) is 1.74. The van der Waals surface area contributed by atoms with Crippen molar-refractivity contribution in [1.82, 2.24) is 19.8 Å². The van der Waals surface area contributed by atoms with E-state index in [0.29, 0.717) is 17.3 Å². The van der Waals surface area contributed by atoms with Gasteiger partial charge in [-0.1, -0.05) is 18.6 Å². The summed E-state index contributed by atoms with van der Waals surface area (Å²) < 4.78 is 0. The van der Waals surface area contributed by atoms with Gasteiger partial charge in [0, 0.05) is 30.8 Å². The van der Waals surface area contributed by atoms with Crippen molar-refractivity contribution in [2.45, 2.75) is 25.3 Å². The van der Waals surface area contributed by atoms with E-state index in [1.54, 1.807) is 23.2 Å². The van der Waals surface area contributed by atoms with Gasteiger partial charge < -0.3 is 14.8 Å². The molecule has 1 aliphatic heterocycles. The second-order valence-electron chi connectivity index (χ2n) is 6.71. The molecule has 3 rings (SSSR count). The van der Waals surface area contributed by atoms with Gasteiger partial charge in [-0.2, -0.15) is 0 Å². The second-order valence-corrected chi connectivity index (χ2v) is 6.71. The molecule has 6 nitrogen and oxygen atoms in total. The average Bonchev–Trinajstić information content (AvgIpc) is 2.63. The van der Waals surface area contributed by atoms with Crippen LogP contribution in [0.2, 0.25) is 0 Å². The van der Waals surface area contributed by atoms with Crippen molar-refractivity contribution in [2.24, 2.45) is 0 Å². The fraction of sp³-hybridized carbons (Fsp3) is 0.421. The highest BCUT2D eigenvalue weighted by atomic mass is 16.2. The average molecular weight is 340 g/mol. The molecule has 1 amide bonds. The molecule has 0 unspecified atom stereocenters. The van der Waals surface area contributed by atoms with Gasteiger partial charge in [0.25, 0.3) is 11.5 Å². The highest BCUT2D eigenvalue weighted by Gasteiger charge is 2.23. The molecule has 1 fully saturated rings. The lowest BCUT2D eigenvalue weighted by Gasteiger charge is -2.35. The van der Waals surface area contributed by atoms with Crippen LogP contribution < -0.4 is 5.56 Å². The van der Waals surface area contributed by atoms with E-state index in [-0.39, 0.29) is 11.5 Å². The van der Waals surface area contributed by atoms with Crippen LogP contribution in [-0.2, 0) is 0 Å². The number of hydrogen-bond acceptors (Lipinski definition) is 4. The summed E-state index contributed by atoms with van der Waals surface area (Å²) in [6.07, 6.45) is 6.40. The van der Waals surface area contributed by atoms with Crippen LogP contribution in [0.3, 0.4) is 0 Å². The van der Waals surface area contributed by atoms with E-state index in [2.05, 4.69) is 21.9 Å². The Morgan fingerprint density at radius 3 is 2.96 bits per heavy atom. The van der Waals surface area contributed by atoms with E-state index in [9.17, 15) is 9.59 Å². The van der Waals surface area contributed by atoms with Crippen molar-refractivity contribution in [2.75, 3.05) is 27.2 Å². The molecule has 0 radical (unpaired) electrons. The number of aromatic amines is 1. The zero-order valence-electron chi connectivity index (χ0n) is 14.7. The fourth-order valence-electron chi connectivity index (χ4n) is 3.34. The van der Waals surface area contributed by atoms with Gasteiger partial charge in [-0.15, -0.1) is 0 Å². The molecule has 0 bridgehead atoms. The molecule has 1 aliphatic rings. The number of H-pyrrole nitrogens is 1. The lowest BCUT2D eigenvalue weighted by molar-refractivity contribution is 0.0717. The molecule has 1 aromatic carbocycles. The van der Waals surface area contributed by atoms with E-state index in [4.69, 9.17) is 0 Å². The van der Waals surface area contributed by atoms with Gasteiger partial charge in [-0.25, -0.2) is 0 Å². The summed E-state index contributed by atoms with van der Waals surface area (Å²) in [5, 5.41) is 0. The van der Waals surface area contributed by atoms with Gasteiger partial charge in [0.2, 0.25) is 0 Å². The maximum Gasteiger partial charge on any atom is 0.266 e. The summed E-state index contributed by atoms with van der Waals surface area (Å²) >= 11 is 0. The minimum Gasteiger partial charge on any atom is -0.340 e. The quantitative estimate of drug-likeness (QED) is 0.924. The molecule has 0 aliphatic carbocycles. The van der Waals surface area contributed by atoms with E-state index in [1.165, 1.54) is 19.0 Å². The van der Waals surface area contributed by atoms with Crippen LogP contribution in [0.5, 0.6) is 0 Å². The minimum atomic E-state index is -0.258. The first-order valence-corrected chi connectivity index (χ1v) is 8.65. The number of carbonyl (C=O) groups is 1. The summed E-state index contributed by atoms with van der Waals surface area (Å²) in [4.78, 5) is 35.0. The van der Waals surface area contributed by atoms with Crippen LogP contribution >= 0.6 is 0 Å². The van der Waals surface area contributed by atoms with Crippen molar-refractivity contribution in [1.29, 1.82) is 0 Å². The first-order chi connectivity index (χ1) is 12.0. The molecule has 25 heavy (non-hydrogen) atoms. The van der Waals surface area contributed by atoms with Crippen LogP contribution in [0.15, 0.2) is 41.5 Å². The molecular weight excluding hydrogens is 316 g/mol. The molecule has 0 saturated carbocycles. The molecular formula is C19H24N4O2. The largest absolute Gasteiger partial charge is 0.340 e. The van der Waals surface area contributed by atoms with Crippen molar-refractivity contribution in [3.8, 4) is 11.3 Å². The Bertz CT molecular complexity index is 802. The SMILES string of the molecule is CN(C[C@H]1CCCCN1C)C(=O)c1cccc(-c2cncc(=O)[nH]2)c1. The number of aromatic nitrogens is 2. The second kappa shape index (κ2) is 7.61. The Morgan fingerprint density at radius 1 is 1.36 bits per heavy atom. The Balaban J connectivity index is 1.75. The number of benzene rings is 1. The number of rotatable bonds is 4. The van der Waals surface area contributed by atoms with Crippen molar-refractivity contribution >= 4 is 5.91 Å². The number of piperidine rings is 1. The smallest absolute Gasteiger partial charge is 0.266 e. The lowest BCUT2D eigenvalue weighted by Crippen LogP contribution is -2.45. The Hall–Kier alpha value is -2.47. The van der Waals surface area contributed by atoms with Crippen molar-refractivity contribution in [3.05, 3.63) is 52.6 Å². The monoisotopic (exact) mass is 340 g/mol. The molecule has 0 spiro atoms. The Kier molecular flexibility index (Phi) is 5.28. The molecule has 1 aromatic heterocycles. The molecule has 2 heterocycles. The van der Waals surface area contributed by atoms with Crippen LogP contribution in [0.4, 0.5) is 0 Å². The third-order valence-electron chi connectivity index (χ3n) is 4.83. The maximum absolute atomic E-state index is 12.8. The molecule has 132 valence electrons. The molecule has 6 heteroatoms. The van der Waals surface area contributed by atoms with Crippen LogP contribution in [0, 0.1) is 0 Å². The standard InChI is InChI=1S/C19H24N4O2/c1-22-9-4-3-8-16(22)13-23(2)19(25)15-7-5-6-14(10-15)17-11-20-12-18(24)21-17/h5-7,10-12,16H,3-4,8-9,13H2,1-2H3,(H,21,24)/t16-/m1/s1. The predicted molar refractivity (Wildman–Crippen MR) is 97.5 cm³/mol. The number of likely N-dealkylation sites (tertiary alicyclic amines) is 1. The van der Waals surface area contributed by atoms with Gasteiger partial charge in [0.15, 0.2) is 0 Å². The van der Waals surface area contributed by atoms with E-state index in [0.717, 1.165) is 25.1 Å². The normalized spacial score (nSPS) is 18.1. The first-order valence-electron chi connectivity index (χ1n) is 8.65. The lowest BCUT2D eigenvalue weighted by atomic mass is 10.0. The molecule has 1 saturated heterocycles. The van der Waals surface area contributed by atoms with Gasteiger partial charge in [0.05, 0.1) is 18.1 Å². The van der Waals surface area contributed by atoms with Crippen LogP contribution in [-0.4, -0.2) is 58.9 Å². The van der Waals surface area contributed by atoms with Gasteiger partial charge in [-0.3, -0.25) is 14.6 Å². The zero-order valence-corrected chi connectivity index (χ0v) is 14.7. The fourth-order valence-corrected chi connectivity index (χ4v) is 3.34. The van der Waals surface area contributed by atoms with Crippen LogP contribution in [0.1, 0.15) is 29.6 Å². The summed E-state index contributed by atoms with van der Waals surface area (Å²) in [5.74, 6) is -0.00735. The number of amides is 1. The highest BCUT2D eigenvalue weighted by molar-refractivity contribution is 5.95. The molecule has 1 N–H and O–H groups in total. The summed E-state index contributed by atoms with van der Waals surface area (Å²) in [7, 11) is 3.98. The number of carbonyl (C=O) groups excluding carboxylic acids is 1. The third-order valence-corrected chi connectivity index (χ3v) is 4.83. The van der Waals surface area contributed by atoms with Gasteiger partial charge in [-0.05, 0) is 38.6 Å². The van der Waals surface area contributed by atoms with E-state index >= 15 is 0 Å². The Labute approximate surface area is 147 Å². The Morgan fingerprint density at radius 2 is 2.20 bits per heavy atom. The minimum absolute atomic E-state index is 0.00735. The maximum atomic E-state index is 12.8. The zero-order chi connectivity index (χ0) is 17.8. The van der Waals surface area contributed by atoms with E-state index in [1.807, 2.05) is 19.2 Å². The summed E-state index contributed by atoms with van der Waals surface area (Å²) in [6.45, 7) is 1.82. The van der Waals surface area contributed by atoms with Crippen molar-refractivity contribution < 1.29 is 4.79 Å².